The Balaban J connectivity index is 0.00000127. The lowest BCUT2D eigenvalue weighted by Gasteiger charge is -2.16. The molecule has 4 aromatic rings. The summed E-state index contributed by atoms with van der Waals surface area (Å²) in [4.78, 5) is 41.6. The number of pyridine rings is 1. The largest absolute Gasteiger partial charge is 0.508 e. The van der Waals surface area contributed by atoms with Gasteiger partial charge in [0.25, 0.3) is 5.91 Å². The van der Waals surface area contributed by atoms with Gasteiger partial charge in [0.05, 0.1) is 17.1 Å². The third-order valence-corrected chi connectivity index (χ3v) is 5.90. The number of carboxylic acids is 1. The summed E-state index contributed by atoms with van der Waals surface area (Å²) in [6.07, 6.45) is 0.223. The number of rotatable bonds is 7. The van der Waals surface area contributed by atoms with Gasteiger partial charge in [0.2, 0.25) is 0 Å². The lowest BCUT2D eigenvalue weighted by molar-refractivity contribution is -0.118. The molecule has 1 unspecified atom stereocenters. The van der Waals surface area contributed by atoms with Gasteiger partial charge >= 0.3 is 5.97 Å². The molecule has 0 aliphatic heterocycles. The highest BCUT2D eigenvalue weighted by Gasteiger charge is 2.22. The normalized spacial score (nSPS) is 10.8. The molecule has 0 aliphatic rings. The molecule has 1 heterocycles. The van der Waals surface area contributed by atoms with Gasteiger partial charge in [0, 0.05) is 5.39 Å². The molecule has 7 nitrogen and oxygen atoms in total. The fourth-order valence-electron chi connectivity index (χ4n) is 3.98. The van der Waals surface area contributed by atoms with E-state index >= 15 is 0 Å². The summed E-state index contributed by atoms with van der Waals surface area (Å²) in [6.45, 7) is 11.3. The smallest absolute Gasteiger partial charge is 0.336 e. The van der Waals surface area contributed by atoms with Gasteiger partial charge in [0.15, 0.2) is 5.78 Å². The summed E-state index contributed by atoms with van der Waals surface area (Å²) in [5.41, 5.74) is 3.87. The van der Waals surface area contributed by atoms with Crippen LogP contribution in [-0.4, -0.2) is 38.9 Å². The minimum absolute atomic E-state index is 0.0477. The van der Waals surface area contributed by atoms with Crippen LogP contribution in [0.1, 0.15) is 66.6 Å². The maximum Gasteiger partial charge on any atom is 0.336 e. The minimum atomic E-state index is -1.18. The van der Waals surface area contributed by atoms with Crippen molar-refractivity contribution in [2.24, 2.45) is 0 Å². The topological polar surface area (TPSA) is 117 Å². The standard InChI is InChI=1S/C28H24N2O5.2C2H6/c1-16-5-3-4-6-21(16)19-9-12-24-22(14-19)23(28(34)35)15-26(29-24)27(33)30-25(17(2)31)13-18-7-10-20(32)11-8-18;2*1-2/h3-12,14-15,25,32H,13H2,1-2H3,(H,30,33)(H,34,35);2*1-2H3. The third-order valence-electron chi connectivity index (χ3n) is 5.90. The van der Waals surface area contributed by atoms with Gasteiger partial charge in [-0.1, -0.05) is 70.2 Å². The summed E-state index contributed by atoms with van der Waals surface area (Å²) in [5, 5.41) is 22.4. The van der Waals surface area contributed by atoms with Crippen molar-refractivity contribution < 1.29 is 24.6 Å². The van der Waals surface area contributed by atoms with Crippen molar-refractivity contribution in [2.75, 3.05) is 0 Å². The summed E-state index contributed by atoms with van der Waals surface area (Å²) < 4.78 is 0. The van der Waals surface area contributed by atoms with Gasteiger partial charge in [-0.3, -0.25) is 9.59 Å². The molecule has 0 aliphatic carbocycles. The number of carbonyl (C=O) groups is 3. The maximum atomic E-state index is 13.0. The van der Waals surface area contributed by atoms with E-state index in [1.54, 1.807) is 24.3 Å². The molecule has 1 amide bonds. The molecule has 0 spiro atoms. The van der Waals surface area contributed by atoms with Crippen LogP contribution in [0.15, 0.2) is 72.8 Å². The van der Waals surface area contributed by atoms with Gasteiger partial charge in [-0.15, -0.1) is 0 Å². The molecular formula is C32H36N2O5. The molecule has 4 rings (SSSR count). The first-order valence-corrected chi connectivity index (χ1v) is 13.1. The number of carboxylic acid groups (broad SMARTS) is 1. The number of aryl methyl sites for hydroxylation is 1. The van der Waals surface area contributed by atoms with Crippen LogP contribution in [-0.2, 0) is 11.2 Å². The summed E-state index contributed by atoms with van der Waals surface area (Å²) in [6, 6.07) is 19.8. The highest BCUT2D eigenvalue weighted by atomic mass is 16.4. The number of hydrogen-bond acceptors (Lipinski definition) is 5. The van der Waals surface area contributed by atoms with Crippen molar-refractivity contribution in [3.8, 4) is 16.9 Å². The molecule has 0 saturated carbocycles. The highest BCUT2D eigenvalue weighted by molar-refractivity contribution is 6.07. The number of Topliss-reactive ketones (excluding diaryl/α,β-unsaturated/α-hetero) is 1. The number of amides is 1. The average Bonchev–Trinajstić information content (AvgIpc) is 2.95. The van der Waals surface area contributed by atoms with Crippen molar-refractivity contribution in [1.82, 2.24) is 10.3 Å². The molecule has 0 radical (unpaired) electrons. The fourth-order valence-corrected chi connectivity index (χ4v) is 3.98. The van der Waals surface area contributed by atoms with E-state index in [-0.39, 0.29) is 29.2 Å². The van der Waals surface area contributed by atoms with E-state index in [0.717, 1.165) is 22.3 Å². The highest BCUT2D eigenvalue weighted by Crippen LogP contribution is 2.28. The summed E-state index contributed by atoms with van der Waals surface area (Å²) >= 11 is 0. The lowest BCUT2D eigenvalue weighted by atomic mass is 9.97. The van der Waals surface area contributed by atoms with E-state index in [2.05, 4.69) is 10.3 Å². The Kier molecular flexibility index (Phi) is 11.4. The number of hydrogen-bond donors (Lipinski definition) is 3. The second kappa shape index (κ2) is 14.4. The quantitative estimate of drug-likeness (QED) is 0.249. The number of phenolic OH excluding ortho intramolecular Hbond substituents is 1. The second-order valence-corrected chi connectivity index (χ2v) is 8.41. The van der Waals surface area contributed by atoms with Crippen molar-refractivity contribution in [3.63, 3.8) is 0 Å². The van der Waals surface area contributed by atoms with Gasteiger partial charge < -0.3 is 15.5 Å². The number of nitrogens with zero attached hydrogens (tertiary/aromatic N) is 1. The molecule has 0 saturated heterocycles. The van der Waals surface area contributed by atoms with Crippen LogP contribution in [0.5, 0.6) is 5.75 Å². The minimum Gasteiger partial charge on any atom is -0.508 e. The monoisotopic (exact) mass is 528 g/mol. The first-order chi connectivity index (χ1) is 18.7. The average molecular weight is 529 g/mol. The number of benzene rings is 3. The first-order valence-electron chi connectivity index (χ1n) is 13.1. The van der Waals surface area contributed by atoms with Crippen LogP contribution in [0.2, 0.25) is 0 Å². The Morgan fingerprint density at radius 2 is 1.54 bits per heavy atom. The molecule has 1 aromatic heterocycles. The predicted octanol–water partition coefficient (Wildman–Crippen LogP) is 6.60. The molecule has 39 heavy (non-hydrogen) atoms. The number of aromatic nitrogens is 1. The number of carbonyl (C=O) groups excluding carboxylic acids is 2. The van der Waals surface area contributed by atoms with Gasteiger partial charge in [-0.25, -0.2) is 9.78 Å². The van der Waals surface area contributed by atoms with Crippen LogP contribution >= 0.6 is 0 Å². The number of ketones is 1. The summed E-state index contributed by atoms with van der Waals surface area (Å²) in [7, 11) is 0. The zero-order chi connectivity index (χ0) is 29.1. The van der Waals surface area contributed by atoms with Gasteiger partial charge in [0.1, 0.15) is 11.4 Å². The van der Waals surface area contributed by atoms with E-state index in [1.807, 2.05) is 65.0 Å². The van der Waals surface area contributed by atoms with E-state index < -0.39 is 17.9 Å². The zero-order valence-corrected chi connectivity index (χ0v) is 23.3. The van der Waals surface area contributed by atoms with E-state index in [4.69, 9.17) is 0 Å². The van der Waals surface area contributed by atoms with Crippen LogP contribution in [0, 0.1) is 6.92 Å². The van der Waals surface area contributed by atoms with Crippen LogP contribution in [0.4, 0.5) is 0 Å². The fraction of sp³-hybridized carbons (Fsp3) is 0.250. The number of fused-ring (bicyclic) bond motifs is 1. The lowest BCUT2D eigenvalue weighted by Crippen LogP contribution is -2.41. The van der Waals surface area contributed by atoms with E-state index in [1.165, 1.54) is 25.1 Å². The predicted molar refractivity (Wildman–Crippen MR) is 155 cm³/mol. The Labute approximate surface area is 229 Å². The molecule has 3 N–H and O–H groups in total. The second-order valence-electron chi connectivity index (χ2n) is 8.41. The molecule has 0 fully saturated rings. The Morgan fingerprint density at radius 3 is 2.13 bits per heavy atom. The van der Waals surface area contributed by atoms with Crippen molar-refractivity contribution >= 4 is 28.6 Å². The molecule has 7 heteroatoms. The van der Waals surface area contributed by atoms with Crippen LogP contribution in [0.3, 0.4) is 0 Å². The van der Waals surface area contributed by atoms with Crippen LogP contribution in [0.25, 0.3) is 22.0 Å². The molecular weight excluding hydrogens is 492 g/mol. The number of nitrogens with one attached hydrogen (secondary N) is 1. The molecule has 0 bridgehead atoms. The molecule has 3 aromatic carbocycles. The first kappa shape index (κ1) is 30.7. The van der Waals surface area contributed by atoms with Crippen molar-refractivity contribution in [2.45, 2.75) is 54.0 Å². The SMILES string of the molecule is CC.CC.CC(=O)C(Cc1ccc(O)cc1)NC(=O)c1cc(C(=O)O)c2cc(-c3ccccc3C)ccc2n1. The van der Waals surface area contributed by atoms with E-state index in [9.17, 15) is 24.6 Å². The zero-order valence-electron chi connectivity index (χ0n) is 23.3. The van der Waals surface area contributed by atoms with E-state index in [0.29, 0.717) is 10.9 Å². The molecule has 1 atom stereocenters. The number of aromatic carboxylic acids is 1. The summed E-state index contributed by atoms with van der Waals surface area (Å²) in [5.74, 6) is -1.98. The van der Waals surface area contributed by atoms with Crippen molar-refractivity contribution in [3.05, 3.63) is 95.2 Å². The van der Waals surface area contributed by atoms with Crippen molar-refractivity contribution in [1.29, 1.82) is 0 Å². The number of phenols is 1. The molecule has 204 valence electrons. The Morgan fingerprint density at radius 1 is 0.897 bits per heavy atom. The Bertz CT molecular complexity index is 1450. The van der Waals surface area contributed by atoms with Gasteiger partial charge in [-0.2, -0.15) is 0 Å². The van der Waals surface area contributed by atoms with Gasteiger partial charge in [-0.05, 0) is 72.9 Å². The maximum absolute atomic E-state index is 13.0. The number of aromatic hydroxyl groups is 1. The van der Waals surface area contributed by atoms with Crippen LogP contribution < -0.4 is 5.32 Å². The Hall–Kier alpha value is -4.52. The third kappa shape index (κ3) is 7.74.